The summed E-state index contributed by atoms with van der Waals surface area (Å²) in [6.45, 7) is 0. The second-order valence-electron chi connectivity index (χ2n) is 6.09. The van der Waals surface area contributed by atoms with Crippen LogP contribution in [0.3, 0.4) is 0 Å². The van der Waals surface area contributed by atoms with E-state index in [1.54, 1.807) is 34.8 Å². The minimum Gasteiger partial charge on any atom is -0.244 e. The van der Waals surface area contributed by atoms with Crippen LogP contribution in [0.15, 0.2) is 36.8 Å². The molecule has 0 N–H and O–H groups in total. The van der Waals surface area contributed by atoms with E-state index in [2.05, 4.69) is 9.97 Å². The summed E-state index contributed by atoms with van der Waals surface area (Å²) in [4.78, 5) is 8.40. The molecule has 120 valence electrons. The Morgan fingerprint density at radius 3 is 2.78 bits per heavy atom. The molecule has 0 saturated carbocycles. The summed E-state index contributed by atoms with van der Waals surface area (Å²) in [5, 5.41) is 0.607. The molecule has 2 atom stereocenters. The van der Waals surface area contributed by atoms with Gasteiger partial charge in [-0.2, -0.15) is 4.31 Å². The summed E-state index contributed by atoms with van der Waals surface area (Å²) in [5.41, 5.74) is 2.70. The normalized spacial score (nSPS) is 23.7. The highest BCUT2D eigenvalue weighted by atomic mass is 35.5. The highest BCUT2D eigenvalue weighted by molar-refractivity contribution is 7.88. The summed E-state index contributed by atoms with van der Waals surface area (Å²) in [5.74, 6) is 0.000191. The van der Waals surface area contributed by atoms with Gasteiger partial charge in [-0.1, -0.05) is 23.7 Å². The Morgan fingerprint density at radius 1 is 1.22 bits per heavy atom. The van der Waals surface area contributed by atoms with Crippen molar-refractivity contribution in [1.82, 2.24) is 14.3 Å². The Balaban J connectivity index is 1.66. The average Bonchev–Trinajstić information content (AvgIpc) is 2.86. The van der Waals surface area contributed by atoms with Gasteiger partial charge in [-0.05, 0) is 30.5 Å². The average molecular weight is 350 g/mol. The molecule has 2 unspecified atom stereocenters. The van der Waals surface area contributed by atoms with Gasteiger partial charge in [0.15, 0.2) is 0 Å². The molecule has 0 radical (unpaired) electrons. The minimum absolute atomic E-state index is 0.000191. The third-order valence-corrected chi connectivity index (χ3v) is 6.78. The number of hydrogen-bond donors (Lipinski definition) is 0. The number of benzene rings is 1. The summed E-state index contributed by atoms with van der Waals surface area (Å²) in [6, 6.07) is 6.87. The van der Waals surface area contributed by atoms with E-state index in [4.69, 9.17) is 11.6 Å². The number of rotatable bonds is 3. The number of halogens is 1. The monoisotopic (exact) mass is 349 g/mol. The molecule has 1 saturated heterocycles. The summed E-state index contributed by atoms with van der Waals surface area (Å²) < 4.78 is 27.6. The third kappa shape index (κ3) is 2.65. The SMILES string of the molecule is O=S(=O)(Cc1ccc(Cl)cc1)N1C2CCC1c1cncnc1C2. The number of sulfonamides is 1. The molecule has 1 aromatic heterocycles. The van der Waals surface area contributed by atoms with Gasteiger partial charge in [0.05, 0.1) is 17.5 Å². The number of hydrogen-bond acceptors (Lipinski definition) is 4. The van der Waals surface area contributed by atoms with Crippen LogP contribution >= 0.6 is 11.6 Å². The Hall–Kier alpha value is -1.50. The predicted octanol–water partition coefficient (Wildman–Crippen LogP) is 2.72. The molecule has 3 heterocycles. The van der Waals surface area contributed by atoms with Gasteiger partial charge in [0.25, 0.3) is 0 Å². The Morgan fingerprint density at radius 2 is 2.00 bits per heavy atom. The first kappa shape index (κ1) is 15.1. The van der Waals surface area contributed by atoms with Gasteiger partial charge < -0.3 is 0 Å². The van der Waals surface area contributed by atoms with Gasteiger partial charge >= 0.3 is 0 Å². The van der Waals surface area contributed by atoms with E-state index in [0.717, 1.165) is 29.7 Å². The fraction of sp³-hybridized carbons (Fsp3) is 0.375. The topological polar surface area (TPSA) is 63.2 Å². The smallest absolute Gasteiger partial charge is 0.219 e. The second kappa shape index (κ2) is 5.54. The van der Waals surface area contributed by atoms with E-state index < -0.39 is 10.0 Å². The van der Waals surface area contributed by atoms with Crippen LogP contribution in [-0.4, -0.2) is 28.7 Å². The lowest BCUT2D eigenvalue weighted by Crippen LogP contribution is -2.42. The Bertz CT molecular complexity index is 839. The van der Waals surface area contributed by atoms with Gasteiger partial charge in [0, 0.05) is 29.2 Å². The van der Waals surface area contributed by atoms with E-state index >= 15 is 0 Å². The highest BCUT2D eigenvalue weighted by Gasteiger charge is 2.46. The molecular weight excluding hydrogens is 334 g/mol. The van der Waals surface area contributed by atoms with Crippen LogP contribution in [-0.2, 0) is 22.2 Å². The zero-order chi connectivity index (χ0) is 16.0. The molecule has 4 rings (SSSR count). The maximum atomic E-state index is 13.0. The highest BCUT2D eigenvalue weighted by Crippen LogP contribution is 2.44. The van der Waals surface area contributed by atoms with Crippen LogP contribution in [0.5, 0.6) is 0 Å². The third-order valence-electron chi connectivity index (χ3n) is 4.64. The van der Waals surface area contributed by atoms with E-state index in [1.165, 1.54) is 6.33 Å². The fourth-order valence-electron chi connectivity index (χ4n) is 3.67. The first-order valence-electron chi connectivity index (χ1n) is 7.59. The quantitative estimate of drug-likeness (QED) is 0.854. The van der Waals surface area contributed by atoms with Crippen molar-refractivity contribution < 1.29 is 8.42 Å². The lowest BCUT2D eigenvalue weighted by atomic mass is 10.0. The van der Waals surface area contributed by atoms with Crippen LogP contribution in [0, 0.1) is 0 Å². The molecule has 23 heavy (non-hydrogen) atoms. The number of fused-ring (bicyclic) bond motifs is 4. The molecule has 2 aliphatic heterocycles. The maximum absolute atomic E-state index is 13.0. The molecule has 5 nitrogen and oxygen atoms in total. The van der Waals surface area contributed by atoms with Crippen molar-refractivity contribution in [2.24, 2.45) is 0 Å². The van der Waals surface area contributed by atoms with Crippen LogP contribution in [0.2, 0.25) is 5.02 Å². The van der Waals surface area contributed by atoms with E-state index in [-0.39, 0.29) is 17.8 Å². The largest absolute Gasteiger partial charge is 0.244 e. The summed E-state index contributed by atoms with van der Waals surface area (Å²) >= 11 is 5.87. The molecule has 2 bridgehead atoms. The van der Waals surface area contributed by atoms with Gasteiger partial charge in [-0.15, -0.1) is 0 Å². The lowest BCUT2D eigenvalue weighted by Gasteiger charge is -2.34. The van der Waals surface area contributed by atoms with Crippen molar-refractivity contribution >= 4 is 21.6 Å². The van der Waals surface area contributed by atoms with Crippen molar-refractivity contribution in [2.75, 3.05) is 0 Å². The molecule has 7 heteroatoms. The van der Waals surface area contributed by atoms with Gasteiger partial charge in [0.1, 0.15) is 6.33 Å². The number of aromatic nitrogens is 2. The first-order chi connectivity index (χ1) is 11.0. The van der Waals surface area contributed by atoms with Crippen LogP contribution in [0.1, 0.15) is 35.7 Å². The van der Waals surface area contributed by atoms with E-state index in [1.807, 2.05) is 0 Å². The summed E-state index contributed by atoms with van der Waals surface area (Å²) in [6.07, 6.45) is 5.69. The van der Waals surface area contributed by atoms with Crippen molar-refractivity contribution in [3.05, 3.63) is 58.6 Å². The van der Waals surface area contributed by atoms with E-state index in [9.17, 15) is 8.42 Å². The minimum atomic E-state index is -3.39. The molecule has 0 amide bonds. The number of nitrogens with zero attached hydrogens (tertiary/aromatic N) is 3. The lowest BCUT2D eigenvalue weighted by molar-refractivity contribution is 0.300. The molecule has 0 spiro atoms. The van der Waals surface area contributed by atoms with Crippen LogP contribution < -0.4 is 0 Å². The molecule has 2 aliphatic rings. The molecule has 0 aliphatic carbocycles. The standard InChI is InChI=1S/C16H16ClN3O2S/c17-12-3-1-11(2-4-12)9-23(21,22)20-13-5-6-16(20)14-8-18-10-19-15(14)7-13/h1-4,8,10,13,16H,5-7,9H2. The van der Waals surface area contributed by atoms with Crippen LogP contribution in [0.25, 0.3) is 0 Å². The van der Waals surface area contributed by atoms with E-state index in [0.29, 0.717) is 11.4 Å². The van der Waals surface area contributed by atoms with Gasteiger partial charge in [0.2, 0.25) is 10.0 Å². The Labute approximate surface area is 140 Å². The van der Waals surface area contributed by atoms with Crippen molar-refractivity contribution in [3.8, 4) is 0 Å². The van der Waals surface area contributed by atoms with Gasteiger partial charge in [-0.25, -0.2) is 18.4 Å². The fourth-order valence-corrected chi connectivity index (χ4v) is 5.80. The van der Waals surface area contributed by atoms with Gasteiger partial charge in [-0.3, -0.25) is 0 Å². The van der Waals surface area contributed by atoms with Crippen molar-refractivity contribution in [2.45, 2.75) is 37.1 Å². The first-order valence-corrected chi connectivity index (χ1v) is 9.58. The maximum Gasteiger partial charge on any atom is 0.219 e. The zero-order valence-electron chi connectivity index (χ0n) is 12.4. The predicted molar refractivity (Wildman–Crippen MR) is 87.4 cm³/mol. The summed E-state index contributed by atoms with van der Waals surface area (Å²) in [7, 11) is -3.39. The molecule has 2 aromatic rings. The Kier molecular flexibility index (Phi) is 3.63. The van der Waals surface area contributed by atoms with Crippen molar-refractivity contribution in [3.63, 3.8) is 0 Å². The molecule has 1 aromatic carbocycles. The second-order valence-corrected chi connectivity index (χ2v) is 8.40. The molecule has 1 fully saturated rings. The molecular formula is C16H16ClN3O2S. The van der Waals surface area contributed by atoms with Crippen molar-refractivity contribution in [1.29, 1.82) is 0 Å². The van der Waals surface area contributed by atoms with Crippen LogP contribution in [0.4, 0.5) is 0 Å². The zero-order valence-corrected chi connectivity index (χ0v) is 14.0.